The van der Waals surface area contributed by atoms with Crippen molar-refractivity contribution in [3.63, 3.8) is 0 Å². The second-order valence-corrected chi connectivity index (χ2v) is 3.95. The van der Waals surface area contributed by atoms with Gasteiger partial charge in [0.25, 0.3) is 0 Å². The van der Waals surface area contributed by atoms with Gasteiger partial charge in [-0.1, -0.05) is 49.8 Å². The SMILES string of the molecule is CC1=CC=CC(CC(C)C)C=C1. The van der Waals surface area contributed by atoms with E-state index < -0.39 is 0 Å². The number of hydrogen-bond acceptors (Lipinski definition) is 0. The highest BCUT2D eigenvalue weighted by Gasteiger charge is 2.04. The molecule has 0 bridgehead atoms. The Morgan fingerprint density at radius 2 is 2.08 bits per heavy atom. The molecule has 0 spiro atoms. The molecule has 0 aliphatic heterocycles. The predicted octanol–water partition coefficient (Wildman–Crippen LogP) is 3.72. The quantitative estimate of drug-likeness (QED) is 0.580. The molecule has 0 heterocycles. The van der Waals surface area contributed by atoms with Gasteiger partial charge in [0.15, 0.2) is 0 Å². The first-order chi connectivity index (χ1) is 5.68. The maximum absolute atomic E-state index is 2.30. The van der Waals surface area contributed by atoms with Crippen LogP contribution in [0.15, 0.2) is 36.0 Å². The lowest BCUT2D eigenvalue weighted by atomic mass is 9.96. The lowest BCUT2D eigenvalue weighted by Crippen LogP contribution is -1.97. The smallest absolute Gasteiger partial charge is 0.00447 e. The fraction of sp³-hybridized carbons (Fsp3) is 0.500. The van der Waals surface area contributed by atoms with Crippen molar-refractivity contribution in [2.24, 2.45) is 11.8 Å². The molecule has 1 aliphatic rings. The zero-order valence-corrected chi connectivity index (χ0v) is 8.25. The number of allylic oxidation sites excluding steroid dienone is 6. The Morgan fingerprint density at radius 1 is 1.33 bits per heavy atom. The van der Waals surface area contributed by atoms with E-state index in [2.05, 4.69) is 51.2 Å². The summed E-state index contributed by atoms with van der Waals surface area (Å²) in [6.45, 7) is 6.68. The van der Waals surface area contributed by atoms with Gasteiger partial charge in [0.2, 0.25) is 0 Å². The van der Waals surface area contributed by atoms with Gasteiger partial charge in [-0.25, -0.2) is 0 Å². The van der Waals surface area contributed by atoms with Crippen molar-refractivity contribution >= 4 is 0 Å². The van der Waals surface area contributed by atoms with E-state index in [9.17, 15) is 0 Å². The van der Waals surface area contributed by atoms with Gasteiger partial charge in [0.1, 0.15) is 0 Å². The molecule has 0 aromatic carbocycles. The molecule has 0 heteroatoms. The van der Waals surface area contributed by atoms with Crippen LogP contribution in [-0.4, -0.2) is 0 Å². The largest absolute Gasteiger partial charge is 0.0776 e. The molecule has 0 radical (unpaired) electrons. The van der Waals surface area contributed by atoms with Crippen LogP contribution in [0.1, 0.15) is 27.2 Å². The van der Waals surface area contributed by atoms with Crippen LogP contribution in [0.4, 0.5) is 0 Å². The van der Waals surface area contributed by atoms with E-state index in [0.717, 1.165) is 5.92 Å². The van der Waals surface area contributed by atoms with Crippen LogP contribution in [0.25, 0.3) is 0 Å². The molecule has 66 valence electrons. The zero-order chi connectivity index (χ0) is 8.97. The summed E-state index contributed by atoms with van der Waals surface area (Å²) in [5.41, 5.74) is 1.34. The summed E-state index contributed by atoms with van der Waals surface area (Å²) in [7, 11) is 0. The summed E-state index contributed by atoms with van der Waals surface area (Å²) in [6.07, 6.45) is 12.4. The van der Waals surface area contributed by atoms with Gasteiger partial charge in [-0.15, -0.1) is 0 Å². The summed E-state index contributed by atoms with van der Waals surface area (Å²) in [5, 5.41) is 0. The lowest BCUT2D eigenvalue weighted by Gasteiger charge is -2.09. The van der Waals surface area contributed by atoms with Crippen LogP contribution >= 0.6 is 0 Å². The Morgan fingerprint density at radius 3 is 2.75 bits per heavy atom. The van der Waals surface area contributed by atoms with Crippen LogP contribution < -0.4 is 0 Å². The van der Waals surface area contributed by atoms with Crippen molar-refractivity contribution in [3.8, 4) is 0 Å². The molecule has 0 saturated heterocycles. The molecule has 0 saturated carbocycles. The standard InChI is InChI=1S/C12H18/c1-10(2)9-12-6-4-5-11(3)7-8-12/h4-8,10,12H,9H2,1-3H3. The Balaban J connectivity index is 2.55. The fourth-order valence-corrected chi connectivity index (χ4v) is 1.45. The van der Waals surface area contributed by atoms with Crippen LogP contribution in [0.3, 0.4) is 0 Å². The van der Waals surface area contributed by atoms with Gasteiger partial charge < -0.3 is 0 Å². The van der Waals surface area contributed by atoms with Crippen molar-refractivity contribution in [1.29, 1.82) is 0 Å². The molecule has 0 amide bonds. The lowest BCUT2D eigenvalue weighted by molar-refractivity contribution is 0.533. The molecule has 0 nitrogen and oxygen atoms in total. The average molecular weight is 162 g/mol. The van der Waals surface area contributed by atoms with Gasteiger partial charge in [0, 0.05) is 0 Å². The first-order valence-corrected chi connectivity index (χ1v) is 4.72. The van der Waals surface area contributed by atoms with E-state index in [1.54, 1.807) is 0 Å². The van der Waals surface area contributed by atoms with E-state index in [1.165, 1.54) is 12.0 Å². The third-order valence-electron chi connectivity index (χ3n) is 2.07. The number of rotatable bonds is 2. The third-order valence-corrected chi connectivity index (χ3v) is 2.07. The Kier molecular flexibility index (Phi) is 3.33. The Labute approximate surface area is 75.7 Å². The maximum Gasteiger partial charge on any atom is -0.00447 e. The molecule has 1 rings (SSSR count). The van der Waals surface area contributed by atoms with E-state index in [0.29, 0.717) is 5.92 Å². The molecular weight excluding hydrogens is 144 g/mol. The fourth-order valence-electron chi connectivity index (χ4n) is 1.45. The average Bonchev–Trinajstić information content (AvgIpc) is 2.15. The van der Waals surface area contributed by atoms with Crippen molar-refractivity contribution < 1.29 is 0 Å². The van der Waals surface area contributed by atoms with Crippen LogP contribution in [-0.2, 0) is 0 Å². The molecule has 0 N–H and O–H groups in total. The normalized spacial score (nSPS) is 22.7. The minimum atomic E-state index is 0.638. The third kappa shape index (κ3) is 3.08. The van der Waals surface area contributed by atoms with Crippen LogP contribution in [0.5, 0.6) is 0 Å². The molecule has 0 aromatic rings. The van der Waals surface area contributed by atoms with E-state index in [-0.39, 0.29) is 0 Å². The molecular formula is C12H18. The summed E-state index contributed by atoms with van der Waals surface area (Å²) in [5.74, 6) is 1.42. The summed E-state index contributed by atoms with van der Waals surface area (Å²) >= 11 is 0. The molecule has 0 fully saturated rings. The van der Waals surface area contributed by atoms with Crippen molar-refractivity contribution in [1.82, 2.24) is 0 Å². The van der Waals surface area contributed by atoms with Crippen molar-refractivity contribution in [3.05, 3.63) is 36.0 Å². The first-order valence-electron chi connectivity index (χ1n) is 4.72. The highest BCUT2D eigenvalue weighted by molar-refractivity contribution is 5.26. The topological polar surface area (TPSA) is 0 Å². The monoisotopic (exact) mass is 162 g/mol. The van der Waals surface area contributed by atoms with Crippen molar-refractivity contribution in [2.75, 3.05) is 0 Å². The number of hydrogen-bond donors (Lipinski definition) is 0. The molecule has 1 aliphatic carbocycles. The first kappa shape index (κ1) is 9.31. The molecule has 12 heavy (non-hydrogen) atoms. The molecule has 1 unspecified atom stereocenters. The van der Waals surface area contributed by atoms with Gasteiger partial charge in [-0.2, -0.15) is 0 Å². The summed E-state index contributed by atoms with van der Waals surface area (Å²) < 4.78 is 0. The second kappa shape index (κ2) is 4.30. The van der Waals surface area contributed by atoms with Gasteiger partial charge in [-0.3, -0.25) is 0 Å². The second-order valence-electron chi connectivity index (χ2n) is 3.95. The van der Waals surface area contributed by atoms with Crippen LogP contribution in [0.2, 0.25) is 0 Å². The van der Waals surface area contributed by atoms with Crippen LogP contribution in [0, 0.1) is 11.8 Å². The maximum atomic E-state index is 2.30. The van der Waals surface area contributed by atoms with E-state index in [1.807, 2.05) is 0 Å². The highest BCUT2D eigenvalue weighted by atomic mass is 14.1. The predicted molar refractivity (Wildman–Crippen MR) is 55.0 cm³/mol. The van der Waals surface area contributed by atoms with E-state index >= 15 is 0 Å². The summed E-state index contributed by atoms with van der Waals surface area (Å²) in [6, 6.07) is 0. The minimum absolute atomic E-state index is 0.638. The minimum Gasteiger partial charge on any atom is -0.0776 e. The highest BCUT2D eigenvalue weighted by Crippen LogP contribution is 2.17. The Bertz CT molecular complexity index is 216. The van der Waals surface area contributed by atoms with Gasteiger partial charge >= 0.3 is 0 Å². The van der Waals surface area contributed by atoms with Gasteiger partial charge in [-0.05, 0) is 25.2 Å². The molecule has 1 atom stereocenters. The van der Waals surface area contributed by atoms with E-state index in [4.69, 9.17) is 0 Å². The Hall–Kier alpha value is -0.780. The van der Waals surface area contributed by atoms with Crippen molar-refractivity contribution in [2.45, 2.75) is 27.2 Å². The zero-order valence-electron chi connectivity index (χ0n) is 8.25. The summed E-state index contributed by atoms with van der Waals surface area (Å²) in [4.78, 5) is 0. The molecule has 0 aromatic heterocycles. The van der Waals surface area contributed by atoms with Gasteiger partial charge in [0.05, 0.1) is 0 Å².